The highest BCUT2D eigenvalue weighted by molar-refractivity contribution is 7.91. The second-order valence-corrected chi connectivity index (χ2v) is 10.5. The highest BCUT2D eigenvalue weighted by Crippen LogP contribution is 2.36. The molecule has 0 unspecified atom stereocenters. The topological polar surface area (TPSA) is 98.7 Å². The maximum atomic E-state index is 12.7. The van der Waals surface area contributed by atoms with E-state index in [0.717, 1.165) is 0 Å². The minimum atomic E-state index is -3.66. The Hall–Kier alpha value is -1.23. The van der Waals surface area contributed by atoms with Crippen molar-refractivity contribution in [1.29, 1.82) is 0 Å². The molecule has 11 heteroatoms. The maximum Gasteiger partial charge on any atom is 0.498 e. The average Bonchev–Trinajstić information content (AvgIpc) is 3.15. The Morgan fingerprint density at radius 2 is 1.82 bits per heavy atom. The minimum Gasteiger partial charge on any atom is -0.399 e. The summed E-state index contributed by atoms with van der Waals surface area (Å²) in [5.41, 5.74) is -0.439. The molecule has 1 atom stereocenters. The standard InChI is InChI=1S/C17H25BClN3O5S/c1-16(2)17(3,4)27-18(26-16)13-8-20-15(21-9-13)28(24,25)11-12-5-6-22(10-12)14(23)7-19/h8-9,12H,5-7,10-11H2,1-4H3/t12-/m0/s1. The minimum absolute atomic E-state index is 0.0943. The lowest BCUT2D eigenvalue weighted by atomic mass is 9.81. The Morgan fingerprint density at radius 1 is 1.25 bits per heavy atom. The molecule has 3 heterocycles. The van der Waals surface area contributed by atoms with E-state index in [0.29, 0.717) is 25.0 Å². The van der Waals surface area contributed by atoms with Gasteiger partial charge in [0.05, 0.1) is 17.0 Å². The van der Waals surface area contributed by atoms with Crippen LogP contribution in [0.3, 0.4) is 0 Å². The zero-order valence-corrected chi connectivity index (χ0v) is 18.1. The van der Waals surface area contributed by atoms with E-state index in [1.807, 2.05) is 27.7 Å². The fourth-order valence-corrected chi connectivity index (χ4v) is 4.89. The molecule has 2 fully saturated rings. The van der Waals surface area contributed by atoms with Crippen LogP contribution in [0, 0.1) is 5.92 Å². The summed E-state index contributed by atoms with van der Waals surface area (Å²) < 4.78 is 37.2. The number of rotatable bonds is 5. The quantitative estimate of drug-likeness (QED) is 0.385. The molecule has 0 aliphatic carbocycles. The van der Waals surface area contributed by atoms with Crippen LogP contribution in [0.1, 0.15) is 34.1 Å². The molecule has 0 saturated carbocycles. The molecule has 28 heavy (non-hydrogen) atoms. The zero-order chi connectivity index (χ0) is 20.7. The van der Waals surface area contributed by atoms with Crippen molar-refractivity contribution in [2.75, 3.05) is 24.7 Å². The number of aromatic nitrogens is 2. The number of sulfone groups is 1. The van der Waals surface area contributed by atoms with Crippen molar-refractivity contribution < 1.29 is 22.5 Å². The third-order valence-corrected chi connectivity index (χ3v) is 7.57. The van der Waals surface area contributed by atoms with Gasteiger partial charge in [0.15, 0.2) is 0 Å². The Balaban J connectivity index is 1.67. The molecule has 0 spiro atoms. The first-order valence-electron chi connectivity index (χ1n) is 9.19. The molecule has 2 aliphatic rings. The summed E-state index contributed by atoms with van der Waals surface area (Å²) >= 11 is 5.56. The van der Waals surface area contributed by atoms with Crippen LogP contribution in [0.25, 0.3) is 0 Å². The second kappa shape index (κ2) is 7.55. The molecule has 2 aliphatic heterocycles. The van der Waals surface area contributed by atoms with E-state index in [-0.39, 0.29) is 28.6 Å². The molecule has 0 N–H and O–H groups in total. The van der Waals surface area contributed by atoms with Gasteiger partial charge in [0.2, 0.25) is 20.9 Å². The van der Waals surface area contributed by atoms with Gasteiger partial charge in [-0.2, -0.15) is 0 Å². The van der Waals surface area contributed by atoms with Crippen LogP contribution >= 0.6 is 11.6 Å². The molecular formula is C17H25BClN3O5S. The fourth-order valence-electron chi connectivity index (χ4n) is 3.25. The molecule has 1 amide bonds. The predicted octanol–water partition coefficient (Wildman–Crippen LogP) is 0.637. The van der Waals surface area contributed by atoms with Gasteiger partial charge < -0.3 is 14.2 Å². The van der Waals surface area contributed by atoms with Crippen LogP contribution in [-0.4, -0.2) is 72.2 Å². The first-order valence-corrected chi connectivity index (χ1v) is 11.4. The van der Waals surface area contributed by atoms with Gasteiger partial charge in [0.1, 0.15) is 5.88 Å². The number of carbonyl (C=O) groups excluding carboxylic acids is 1. The van der Waals surface area contributed by atoms with E-state index in [9.17, 15) is 13.2 Å². The van der Waals surface area contributed by atoms with Gasteiger partial charge in [-0.3, -0.25) is 4.79 Å². The van der Waals surface area contributed by atoms with Crippen LogP contribution in [0.4, 0.5) is 0 Å². The Labute approximate surface area is 171 Å². The lowest BCUT2D eigenvalue weighted by molar-refractivity contribution is -0.127. The number of alkyl halides is 1. The summed E-state index contributed by atoms with van der Waals surface area (Å²) in [5, 5.41) is -0.227. The van der Waals surface area contributed by atoms with Crippen molar-refractivity contribution >= 4 is 39.9 Å². The SMILES string of the molecule is CC1(C)OB(c2cnc(S(=O)(=O)C[C@H]3CCN(C(=O)CCl)C3)nc2)OC1(C)C. The summed E-state index contributed by atoms with van der Waals surface area (Å²) in [4.78, 5) is 21.3. The highest BCUT2D eigenvalue weighted by atomic mass is 35.5. The average molecular weight is 430 g/mol. The summed E-state index contributed by atoms with van der Waals surface area (Å²) in [6.07, 6.45) is 3.48. The lowest BCUT2D eigenvalue weighted by Crippen LogP contribution is -2.41. The molecule has 0 aromatic carbocycles. The summed E-state index contributed by atoms with van der Waals surface area (Å²) in [5.74, 6) is -0.522. The number of hydrogen-bond donors (Lipinski definition) is 0. The van der Waals surface area contributed by atoms with E-state index in [4.69, 9.17) is 20.9 Å². The monoisotopic (exact) mass is 429 g/mol. The highest BCUT2D eigenvalue weighted by Gasteiger charge is 2.52. The Kier molecular flexibility index (Phi) is 5.79. The van der Waals surface area contributed by atoms with Gasteiger partial charge in [0, 0.05) is 30.9 Å². The molecule has 1 aromatic rings. The number of carbonyl (C=O) groups is 1. The lowest BCUT2D eigenvalue weighted by Gasteiger charge is -2.32. The molecule has 8 nitrogen and oxygen atoms in total. The van der Waals surface area contributed by atoms with E-state index < -0.39 is 28.2 Å². The van der Waals surface area contributed by atoms with E-state index in [1.54, 1.807) is 4.90 Å². The van der Waals surface area contributed by atoms with Gasteiger partial charge in [-0.05, 0) is 40.0 Å². The summed E-state index contributed by atoms with van der Waals surface area (Å²) in [6.45, 7) is 8.66. The van der Waals surface area contributed by atoms with Gasteiger partial charge in [-0.25, -0.2) is 18.4 Å². The zero-order valence-electron chi connectivity index (χ0n) is 16.5. The molecule has 1 aromatic heterocycles. The van der Waals surface area contributed by atoms with Crippen molar-refractivity contribution in [1.82, 2.24) is 14.9 Å². The largest absolute Gasteiger partial charge is 0.498 e. The number of halogens is 1. The summed E-state index contributed by atoms with van der Waals surface area (Å²) in [6, 6.07) is 0. The Morgan fingerprint density at radius 3 is 2.36 bits per heavy atom. The molecule has 3 rings (SSSR count). The fraction of sp³-hybridized carbons (Fsp3) is 0.706. The molecular weight excluding hydrogens is 405 g/mol. The van der Waals surface area contributed by atoms with Crippen LogP contribution in [-0.2, 0) is 23.9 Å². The van der Waals surface area contributed by atoms with Crippen LogP contribution < -0.4 is 5.46 Å². The molecule has 154 valence electrons. The summed E-state index contributed by atoms with van der Waals surface area (Å²) in [7, 11) is -4.31. The van der Waals surface area contributed by atoms with Crippen molar-refractivity contribution in [2.24, 2.45) is 5.92 Å². The van der Waals surface area contributed by atoms with Gasteiger partial charge in [-0.15, -0.1) is 11.6 Å². The van der Waals surface area contributed by atoms with Crippen molar-refractivity contribution in [3.8, 4) is 0 Å². The second-order valence-electron chi connectivity index (χ2n) is 8.30. The molecule has 0 radical (unpaired) electrons. The van der Waals surface area contributed by atoms with Crippen molar-refractivity contribution in [2.45, 2.75) is 50.5 Å². The molecule has 2 saturated heterocycles. The van der Waals surface area contributed by atoms with Gasteiger partial charge in [-0.1, -0.05) is 0 Å². The third-order valence-electron chi connectivity index (χ3n) is 5.66. The normalized spacial score (nSPS) is 24.0. The number of hydrogen-bond acceptors (Lipinski definition) is 7. The van der Waals surface area contributed by atoms with E-state index >= 15 is 0 Å². The number of nitrogens with zero attached hydrogens (tertiary/aromatic N) is 3. The first-order chi connectivity index (χ1) is 12.9. The predicted molar refractivity (Wildman–Crippen MR) is 105 cm³/mol. The van der Waals surface area contributed by atoms with E-state index in [1.165, 1.54) is 12.4 Å². The van der Waals surface area contributed by atoms with Crippen LogP contribution in [0.2, 0.25) is 0 Å². The van der Waals surface area contributed by atoms with E-state index in [2.05, 4.69) is 9.97 Å². The van der Waals surface area contributed by atoms with Crippen molar-refractivity contribution in [3.05, 3.63) is 12.4 Å². The first kappa shape index (κ1) is 21.5. The van der Waals surface area contributed by atoms with Crippen molar-refractivity contribution in [3.63, 3.8) is 0 Å². The molecule has 0 bridgehead atoms. The smallest absolute Gasteiger partial charge is 0.399 e. The van der Waals surface area contributed by atoms with Gasteiger partial charge >= 0.3 is 7.12 Å². The van der Waals surface area contributed by atoms with Gasteiger partial charge in [0.25, 0.3) is 0 Å². The number of amides is 1. The Bertz CT molecular complexity index is 831. The third kappa shape index (κ3) is 4.20. The number of likely N-dealkylation sites (tertiary alicyclic amines) is 1. The van der Waals surface area contributed by atoms with Crippen LogP contribution in [0.15, 0.2) is 17.6 Å². The van der Waals surface area contributed by atoms with Crippen LogP contribution in [0.5, 0.6) is 0 Å². The maximum absolute atomic E-state index is 12.7.